The van der Waals surface area contributed by atoms with E-state index in [4.69, 9.17) is 4.74 Å². The molecule has 0 unspecified atom stereocenters. The molecule has 146 valence electrons. The van der Waals surface area contributed by atoms with Gasteiger partial charge < -0.3 is 9.64 Å². The second-order valence-electron chi connectivity index (χ2n) is 7.53. The van der Waals surface area contributed by atoms with Gasteiger partial charge in [-0.2, -0.15) is 0 Å². The third kappa shape index (κ3) is 4.10. The molecular weight excluding hydrogens is 378 g/mol. The van der Waals surface area contributed by atoms with Crippen molar-refractivity contribution in [2.24, 2.45) is 5.92 Å². The standard InChI is InChI=1S/C24H23N3OS/c1-2-4-20(5-3-1)28-21-8-6-18(7-9-21)16-19-10-13-27(14-11-19)23-22-12-15-29-24(22)26-17-25-23/h1-9,12,15,17,19H,10-11,13-14,16H2. The number of rotatable bonds is 5. The summed E-state index contributed by atoms with van der Waals surface area (Å²) in [7, 11) is 0. The van der Waals surface area contributed by atoms with Gasteiger partial charge in [-0.05, 0) is 66.5 Å². The first-order valence-electron chi connectivity index (χ1n) is 10.1. The first kappa shape index (κ1) is 18.1. The Morgan fingerprint density at radius 3 is 2.45 bits per heavy atom. The molecule has 0 N–H and O–H groups in total. The number of aromatic nitrogens is 2. The molecule has 2 aromatic carbocycles. The van der Waals surface area contributed by atoms with Crippen molar-refractivity contribution in [3.05, 3.63) is 77.9 Å². The maximum absolute atomic E-state index is 5.90. The van der Waals surface area contributed by atoms with E-state index in [0.29, 0.717) is 5.92 Å². The Bertz CT molecular complexity index is 1070. The highest BCUT2D eigenvalue weighted by Crippen LogP contribution is 2.31. The maximum Gasteiger partial charge on any atom is 0.140 e. The smallest absolute Gasteiger partial charge is 0.140 e. The number of hydrogen-bond acceptors (Lipinski definition) is 5. The molecule has 0 spiro atoms. The van der Waals surface area contributed by atoms with E-state index < -0.39 is 0 Å². The molecule has 29 heavy (non-hydrogen) atoms. The van der Waals surface area contributed by atoms with E-state index in [2.05, 4.69) is 50.6 Å². The van der Waals surface area contributed by atoms with Gasteiger partial charge in [-0.1, -0.05) is 30.3 Å². The van der Waals surface area contributed by atoms with E-state index in [9.17, 15) is 0 Å². The van der Waals surface area contributed by atoms with Crippen LogP contribution in [-0.2, 0) is 6.42 Å². The molecule has 5 heteroatoms. The molecule has 4 aromatic rings. The Balaban J connectivity index is 1.18. The van der Waals surface area contributed by atoms with E-state index in [1.165, 1.54) is 23.8 Å². The summed E-state index contributed by atoms with van der Waals surface area (Å²) in [4.78, 5) is 12.4. The summed E-state index contributed by atoms with van der Waals surface area (Å²) in [5.41, 5.74) is 1.38. The predicted molar refractivity (Wildman–Crippen MR) is 119 cm³/mol. The van der Waals surface area contributed by atoms with Crippen LogP contribution in [0.5, 0.6) is 11.5 Å². The number of anilines is 1. The Labute approximate surface area is 174 Å². The van der Waals surface area contributed by atoms with E-state index in [1.807, 2.05) is 30.3 Å². The fourth-order valence-electron chi connectivity index (χ4n) is 4.03. The molecular formula is C24H23N3OS. The van der Waals surface area contributed by atoms with Crippen molar-refractivity contribution in [1.29, 1.82) is 0 Å². The Kier molecular flexibility index (Phi) is 5.13. The van der Waals surface area contributed by atoms with Gasteiger partial charge in [-0.15, -0.1) is 11.3 Å². The van der Waals surface area contributed by atoms with Crippen LogP contribution in [0.25, 0.3) is 10.2 Å². The minimum Gasteiger partial charge on any atom is -0.457 e. The topological polar surface area (TPSA) is 38.2 Å². The minimum absolute atomic E-state index is 0.715. The van der Waals surface area contributed by atoms with Crippen molar-refractivity contribution < 1.29 is 4.74 Å². The van der Waals surface area contributed by atoms with Crippen LogP contribution < -0.4 is 9.64 Å². The molecule has 0 amide bonds. The molecule has 0 aliphatic carbocycles. The van der Waals surface area contributed by atoms with Gasteiger partial charge in [0.05, 0.1) is 5.39 Å². The molecule has 0 bridgehead atoms. The molecule has 1 aliphatic rings. The Morgan fingerprint density at radius 1 is 0.897 bits per heavy atom. The molecule has 0 saturated carbocycles. The van der Waals surface area contributed by atoms with Gasteiger partial charge in [-0.3, -0.25) is 0 Å². The van der Waals surface area contributed by atoms with Crippen molar-refractivity contribution in [2.75, 3.05) is 18.0 Å². The minimum atomic E-state index is 0.715. The van der Waals surface area contributed by atoms with Crippen LogP contribution in [0.3, 0.4) is 0 Å². The van der Waals surface area contributed by atoms with Gasteiger partial charge in [-0.25, -0.2) is 9.97 Å². The highest BCUT2D eigenvalue weighted by Gasteiger charge is 2.22. The third-order valence-electron chi connectivity index (χ3n) is 5.58. The molecule has 0 atom stereocenters. The van der Waals surface area contributed by atoms with E-state index >= 15 is 0 Å². The molecule has 1 aliphatic heterocycles. The summed E-state index contributed by atoms with van der Waals surface area (Å²) >= 11 is 1.68. The Hall–Kier alpha value is -2.92. The lowest BCUT2D eigenvalue weighted by Gasteiger charge is -2.33. The predicted octanol–water partition coefficient (Wildman–Crippen LogP) is 5.94. The molecule has 3 heterocycles. The van der Waals surface area contributed by atoms with Gasteiger partial charge in [0.1, 0.15) is 28.5 Å². The number of fused-ring (bicyclic) bond motifs is 1. The lowest BCUT2D eigenvalue weighted by molar-refractivity contribution is 0.402. The number of ether oxygens (including phenoxy) is 1. The van der Waals surface area contributed by atoms with Crippen molar-refractivity contribution in [2.45, 2.75) is 19.3 Å². The molecule has 1 fully saturated rings. The monoisotopic (exact) mass is 401 g/mol. The lowest BCUT2D eigenvalue weighted by atomic mass is 9.90. The van der Waals surface area contributed by atoms with E-state index in [-0.39, 0.29) is 0 Å². The van der Waals surface area contributed by atoms with Crippen LogP contribution in [-0.4, -0.2) is 23.1 Å². The fourth-order valence-corrected chi connectivity index (χ4v) is 4.76. The number of thiophene rings is 1. The summed E-state index contributed by atoms with van der Waals surface area (Å²) in [6, 6.07) is 20.6. The number of hydrogen-bond donors (Lipinski definition) is 0. The number of benzene rings is 2. The van der Waals surface area contributed by atoms with E-state index in [0.717, 1.165) is 41.7 Å². The zero-order valence-corrected chi connectivity index (χ0v) is 17.0. The second kappa shape index (κ2) is 8.21. The van der Waals surface area contributed by atoms with Crippen LogP contribution in [0.1, 0.15) is 18.4 Å². The molecule has 0 radical (unpaired) electrons. The molecule has 2 aromatic heterocycles. The van der Waals surface area contributed by atoms with Crippen molar-refractivity contribution in [1.82, 2.24) is 9.97 Å². The van der Waals surface area contributed by atoms with Crippen LogP contribution in [0.2, 0.25) is 0 Å². The Morgan fingerprint density at radius 2 is 1.66 bits per heavy atom. The van der Waals surface area contributed by atoms with Gasteiger partial charge >= 0.3 is 0 Å². The third-order valence-corrected chi connectivity index (χ3v) is 6.40. The largest absolute Gasteiger partial charge is 0.457 e. The average Bonchev–Trinajstić information content (AvgIpc) is 3.26. The van der Waals surface area contributed by atoms with Crippen LogP contribution in [0.15, 0.2) is 72.4 Å². The van der Waals surface area contributed by atoms with Gasteiger partial charge in [0.25, 0.3) is 0 Å². The van der Waals surface area contributed by atoms with Crippen molar-refractivity contribution in [3.63, 3.8) is 0 Å². The van der Waals surface area contributed by atoms with Crippen LogP contribution in [0, 0.1) is 5.92 Å². The highest BCUT2D eigenvalue weighted by molar-refractivity contribution is 7.16. The first-order chi connectivity index (χ1) is 14.3. The maximum atomic E-state index is 5.90. The summed E-state index contributed by atoms with van der Waals surface area (Å²) in [6.07, 6.45) is 5.20. The quantitative estimate of drug-likeness (QED) is 0.415. The summed E-state index contributed by atoms with van der Waals surface area (Å²) < 4.78 is 5.90. The fraction of sp³-hybridized carbons (Fsp3) is 0.250. The summed E-state index contributed by atoms with van der Waals surface area (Å²) in [5, 5.41) is 3.28. The number of nitrogens with zero attached hydrogens (tertiary/aromatic N) is 3. The zero-order valence-electron chi connectivity index (χ0n) is 16.2. The van der Waals surface area contributed by atoms with Gasteiger partial charge in [0.2, 0.25) is 0 Å². The first-order valence-corrected chi connectivity index (χ1v) is 11.0. The SMILES string of the molecule is c1ccc(Oc2ccc(CC3CCN(c4ncnc5sccc45)CC3)cc2)cc1. The number of para-hydroxylation sites is 1. The number of piperidine rings is 1. The highest BCUT2D eigenvalue weighted by atomic mass is 32.1. The lowest BCUT2D eigenvalue weighted by Crippen LogP contribution is -2.35. The van der Waals surface area contributed by atoms with Gasteiger partial charge in [0.15, 0.2) is 0 Å². The van der Waals surface area contributed by atoms with Crippen LogP contribution in [0.4, 0.5) is 5.82 Å². The van der Waals surface area contributed by atoms with E-state index in [1.54, 1.807) is 17.7 Å². The van der Waals surface area contributed by atoms with Gasteiger partial charge in [0, 0.05) is 13.1 Å². The van der Waals surface area contributed by atoms with Crippen molar-refractivity contribution >= 4 is 27.4 Å². The summed E-state index contributed by atoms with van der Waals surface area (Å²) in [6.45, 7) is 2.11. The van der Waals surface area contributed by atoms with Crippen molar-refractivity contribution in [3.8, 4) is 11.5 Å². The molecule has 5 rings (SSSR count). The second-order valence-corrected chi connectivity index (χ2v) is 8.42. The zero-order chi connectivity index (χ0) is 19.5. The average molecular weight is 402 g/mol. The van der Waals surface area contributed by atoms with Crippen LogP contribution >= 0.6 is 11.3 Å². The molecule has 4 nitrogen and oxygen atoms in total. The normalized spacial score (nSPS) is 15.0. The molecule has 1 saturated heterocycles. The summed E-state index contributed by atoms with van der Waals surface area (Å²) in [5.74, 6) is 3.57.